The van der Waals surface area contributed by atoms with Crippen LogP contribution in [0.1, 0.15) is 28.8 Å². The minimum Gasteiger partial charge on any atom is -0.376 e. The zero-order valence-corrected chi connectivity index (χ0v) is 18.4. The number of amides is 2. The predicted octanol–water partition coefficient (Wildman–Crippen LogP) is 2.31. The molecular weight excluding hydrogens is 418 g/mol. The van der Waals surface area contributed by atoms with Gasteiger partial charge in [0, 0.05) is 13.2 Å². The predicted molar refractivity (Wildman–Crippen MR) is 120 cm³/mol. The minimum absolute atomic E-state index is 0.00310. The molecule has 0 spiro atoms. The van der Waals surface area contributed by atoms with Crippen molar-refractivity contribution in [2.24, 2.45) is 0 Å². The van der Waals surface area contributed by atoms with Gasteiger partial charge in [-0.05, 0) is 49.6 Å². The molecule has 8 nitrogen and oxygen atoms in total. The normalized spacial score (nSPS) is 16.0. The summed E-state index contributed by atoms with van der Waals surface area (Å²) in [5, 5.41) is 5.50. The first kappa shape index (κ1) is 22.8. The Kier molecular flexibility index (Phi) is 7.29. The number of rotatable bonds is 8. The van der Waals surface area contributed by atoms with E-state index in [0.29, 0.717) is 30.1 Å². The number of ether oxygens (including phenoxy) is 1. The van der Waals surface area contributed by atoms with Gasteiger partial charge in [-0.1, -0.05) is 24.3 Å². The second-order valence-electron chi connectivity index (χ2n) is 7.55. The third-order valence-corrected chi connectivity index (χ3v) is 6.08. The number of hydrogen-bond donors (Lipinski definition) is 2. The molecule has 3 rings (SSSR count). The number of para-hydroxylation sites is 1. The number of nitrogens with one attached hydrogen (secondary N) is 2. The molecule has 2 amide bonds. The maximum Gasteiger partial charge on any atom is 0.253 e. The van der Waals surface area contributed by atoms with Crippen molar-refractivity contribution in [1.29, 1.82) is 0 Å². The summed E-state index contributed by atoms with van der Waals surface area (Å²) in [5.74, 6) is -0.878. The van der Waals surface area contributed by atoms with Crippen LogP contribution in [0.2, 0.25) is 0 Å². The van der Waals surface area contributed by atoms with Gasteiger partial charge in [-0.2, -0.15) is 0 Å². The van der Waals surface area contributed by atoms with Crippen molar-refractivity contribution < 1.29 is 22.7 Å². The molecule has 2 N–H and O–H groups in total. The molecule has 0 saturated carbocycles. The van der Waals surface area contributed by atoms with Gasteiger partial charge in [0.15, 0.2) is 0 Å². The Labute approximate surface area is 182 Å². The van der Waals surface area contributed by atoms with Crippen LogP contribution in [-0.4, -0.2) is 52.3 Å². The van der Waals surface area contributed by atoms with Gasteiger partial charge in [0.05, 0.1) is 29.3 Å². The van der Waals surface area contributed by atoms with E-state index in [4.69, 9.17) is 4.74 Å². The Balaban J connectivity index is 1.71. The highest BCUT2D eigenvalue weighted by molar-refractivity contribution is 7.92. The summed E-state index contributed by atoms with van der Waals surface area (Å²) < 4.78 is 31.1. The molecule has 0 aromatic heterocycles. The van der Waals surface area contributed by atoms with E-state index in [0.717, 1.165) is 29.0 Å². The number of benzene rings is 2. The van der Waals surface area contributed by atoms with Gasteiger partial charge >= 0.3 is 0 Å². The number of hydrogen-bond acceptors (Lipinski definition) is 5. The third-order valence-electron chi connectivity index (χ3n) is 4.94. The van der Waals surface area contributed by atoms with Crippen LogP contribution in [0.3, 0.4) is 0 Å². The number of anilines is 2. The summed E-state index contributed by atoms with van der Waals surface area (Å²) in [6.07, 6.45) is 2.93. The lowest BCUT2D eigenvalue weighted by molar-refractivity contribution is -0.114. The van der Waals surface area contributed by atoms with E-state index in [-0.39, 0.29) is 12.0 Å². The zero-order valence-electron chi connectivity index (χ0n) is 17.6. The molecule has 0 aliphatic carbocycles. The first-order valence-electron chi connectivity index (χ1n) is 10.1. The van der Waals surface area contributed by atoms with Gasteiger partial charge in [-0.3, -0.25) is 13.9 Å². The van der Waals surface area contributed by atoms with Gasteiger partial charge < -0.3 is 15.4 Å². The highest BCUT2D eigenvalue weighted by Gasteiger charge is 2.22. The fourth-order valence-electron chi connectivity index (χ4n) is 3.40. The van der Waals surface area contributed by atoms with E-state index in [9.17, 15) is 18.0 Å². The average molecular weight is 446 g/mol. The van der Waals surface area contributed by atoms with E-state index in [1.165, 1.54) is 0 Å². The Bertz CT molecular complexity index is 1050. The Morgan fingerprint density at radius 2 is 1.94 bits per heavy atom. The molecule has 1 fully saturated rings. The molecule has 1 aliphatic rings. The smallest absolute Gasteiger partial charge is 0.253 e. The molecular formula is C22H27N3O5S. The molecule has 1 heterocycles. The molecule has 1 saturated heterocycles. The fraction of sp³-hybridized carbons (Fsp3) is 0.364. The van der Waals surface area contributed by atoms with Gasteiger partial charge in [0.25, 0.3) is 5.91 Å². The largest absolute Gasteiger partial charge is 0.376 e. The first-order valence-corrected chi connectivity index (χ1v) is 11.9. The number of nitrogens with zero attached hydrogens (tertiary/aromatic N) is 1. The fourth-order valence-corrected chi connectivity index (χ4v) is 4.25. The van der Waals surface area contributed by atoms with Gasteiger partial charge in [0.2, 0.25) is 15.9 Å². The third kappa shape index (κ3) is 6.28. The molecule has 1 aliphatic heterocycles. The summed E-state index contributed by atoms with van der Waals surface area (Å²) in [4.78, 5) is 25.3. The average Bonchev–Trinajstić information content (AvgIpc) is 3.23. The van der Waals surface area contributed by atoms with Crippen molar-refractivity contribution in [2.75, 3.05) is 35.6 Å². The lowest BCUT2D eigenvalue weighted by atomic mass is 10.1. The van der Waals surface area contributed by atoms with Crippen LogP contribution in [0.15, 0.2) is 48.5 Å². The molecule has 166 valence electrons. The van der Waals surface area contributed by atoms with E-state index in [2.05, 4.69) is 10.6 Å². The van der Waals surface area contributed by atoms with Crippen molar-refractivity contribution in [3.63, 3.8) is 0 Å². The summed E-state index contributed by atoms with van der Waals surface area (Å²) >= 11 is 0. The second kappa shape index (κ2) is 9.93. The van der Waals surface area contributed by atoms with Crippen LogP contribution >= 0.6 is 0 Å². The SMILES string of the molecule is Cc1cccc(N(CC(=O)Nc2ccccc2C(=O)NCC2CCCO2)S(C)(=O)=O)c1. The quantitative estimate of drug-likeness (QED) is 0.649. The van der Waals surface area contributed by atoms with Crippen molar-refractivity contribution in [1.82, 2.24) is 5.32 Å². The van der Waals surface area contributed by atoms with Crippen LogP contribution < -0.4 is 14.9 Å². The van der Waals surface area contributed by atoms with Crippen molar-refractivity contribution in [3.8, 4) is 0 Å². The summed E-state index contributed by atoms with van der Waals surface area (Å²) in [6, 6.07) is 13.5. The highest BCUT2D eigenvalue weighted by atomic mass is 32.2. The van der Waals surface area contributed by atoms with Crippen molar-refractivity contribution in [3.05, 3.63) is 59.7 Å². The number of carbonyl (C=O) groups excluding carboxylic acids is 2. The van der Waals surface area contributed by atoms with Crippen molar-refractivity contribution >= 4 is 33.2 Å². The van der Waals surface area contributed by atoms with Crippen LogP contribution in [-0.2, 0) is 19.6 Å². The van der Waals surface area contributed by atoms with Gasteiger partial charge in [-0.25, -0.2) is 8.42 Å². The maximum atomic E-state index is 12.7. The summed E-state index contributed by atoms with van der Waals surface area (Å²) in [7, 11) is -3.69. The molecule has 9 heteroatoms. The van der Waals surface area contributed by atoms with Crippen LogP contribution in [0.5, 0.6) is 0 Å². The zero-order chi connectivity index (χ0) is 22.4. The molecule has 0 bridgehead atoms. The van der Waals surface area contributed by atoms with Crippen molar-refractivity contribution in [2.45, 2.75) is 25.9 Å². The standard InChI is InChI=1S/C22H27N3O5S/c1-16-7-5-8-17(13-16)25(31(2,28)29)15-21(26)24-20-11-4-3-10-19(20)22(27)23-14-18-9-6-12-30-18/h3-5,7-8,10-11,13,18H,6,9,12,14-15H2,1-2H3,(H,23,27)(H,24,26). The monoisotopic (exact) mass is 445 g/mol. The number of sulfonamides is 1. The molecule has 2 aromatic rings. The lowest BCUT2D eigenvalue weighted by Crippen LogP contribution is -2.38. The molecule has 1 unspecified atom stereocenters. The molecule has 2 aromatic carbocycles. The van der Waals surface area contributed by atoms with Gasteiger partial charge in [0.1, 0.15) is 6.54 Å². The van der Waals surface area contributed by atoms with E-state index >= 15 is 0 Å². The van der Waals surface area contributed by atoms with Crippen LogP contribution in [0.25, 0.3) is 0 Å². The molecule has 1 atom stereocenters. The Morgan fingerprint density at radius 1 is 1.16 bits per heavy atom. The topological polar surface area (TPSA) is 105 Å². The summed E-state index contributed by atoms with van der Waals surface area (Å²) in [5.41, 5.74) is 1.89. The Morgan fingerprint density at radius 3 is 2.61 bits per heavy atom. The van der Waals surface area contributed by atoms with E-state index in [1.54, 1.807) is 42.5 Å². The molecule has 31 heavy (non-hydrogen) atoms. The van der Waals surface area contributed by atoms with E-state index in [1.807, 2.05) is 13.0 Å². The van der Waals surface area contributed by atoms with Crippen LogP contribution in [0, 0.1) is 6.92 Å². The minimum atomic E-state index is -3.69. The number of carbonyl (C=O) groups is 2. The highest BCUT2D eigenvalue weighted by Crippen LogP contribution is 2.20. The van der Waals surface area contributed by atoms with E-state index < -0.39 is 22.5 Å². The maximum absolute atomic E-state index is 12.7. The van der Waals surface area contributed by atoms with Gasteiger partial charge in [-0.15, -0.1) is 0 Å². The Hall–Kier alpha value is -2.91. The second-order valence-corrected chi connectivity index (χ2v) is 9.45. The lowest BCUT2D eigenvalue weighted by Gasteiger charge is -2.22. The number of aryl methyl sites for hydroxylation is 1. The summed E-state index contributed by atoms with van der Waals surface area (Å²) in [6.45, 7) is 2.53. The van der Waals surface area contributed by atoms with Crippen LogP contribution in [0.4, 0.5) is 11.4 Å². The molecule has 0 radical (unpaired) electrons. The first-order chi connectivity index (χ1) is 14.7.